The molecule has 1 aromatic carbocycles. The van der Waals surface area contributed by atoms with Gasteiger partial charge in [-0.05, 0) is 42.0 Å². The summed E-state index contributed by atoms with van der Waals surface area (Å²) in [5, 5.41) is 0. The highest BCUT2D eigenvalue weighted by molar-refractivity contribution is 5.93. The molecule has 0 saturated carbocycles. The average Bonchev–Trinajstić information content (AvgIpc) is 2.80. The third-order valence-electron chi connectivity index (χ3n) is 5.63. The number of rotatable bonds is 5. The number of benzene rings is 1. The molecular formula is C23H23N5O2. The van der Waals surface area contributed by atoms with E-state index in [9.17, 15) is 9.59 Å². The predicted octanol–water partition coefficient (Wildman–Crippen LogP) is 2.49. The second-order valence-electron chi connectivity index (χ2n) is 7.68. The van der Waals surface area contributed by atoms with Crippen LogP contribution >= 0.6 is 0 Å². The maximum absolute atomic E-state index is 12.9. The molecule has 1 aliphatic heterocycles. The predicted molar refractivity (Wildman–Crippen MR) is 112 cm³/mol. The van der Waals surface area contributed by atoms with Crippen molar-refractivity contribution in [2.24, 2.45) is 11.1 Å². The van der Waals surface area contributed by atoms with Gasteiger partial charge in [0, 0.05) is 37.9 Å². The maximum Gasteiger partial charge on any atom is 0.274 e. The molecule has 1 saturated heterocycles. The lowest BCUT2D eigenvalue weighted by Crippen LogP contribution is -2.53. The molecule has 0 aliphatic carbocycles. The summed E-state index contributed by atoms with van der Waals surface area (Å²) in [6, 6.07) is 11.9. The summed E-state index contributed by atoms with van der Waals surface area (Å²) in [5.41, 5.74) is 8.39. The fraction of sp³-hybridized carbons (Fsp3) is 0.261. The van der Waals surface area contributed by atoms with Crippen LogP contribution in [0.2, 0.25) is 0 Å². The highest BCUT2D eigenvalue weighted by atomic mass is 16.2. The van der Waals surface area contributed by atoms with E-state index < -0.39 is 5.41 Å². The minimum atomic E-state index is -0.816. The summed E-state index contributed by atoms with van der Waals surface area (Å²) in [6.45, 7) is 0.842. The minimum Gasteiger partial charge on any atom is -0.369 e. The van der Waals surface area contributed by atoms with E-state index in [1.165, 1.54) is 18.6 Å². The maximum atomic E-state index is 12.9. The number of carbonyl (C=O) groups is 2. The molecular weight excluding hydrogens is 378 g/mol. The number of amides is 2. The van der Waals surface area contributed by atoms with Crippen LogP contribution in [-0.2, 0) is 11.2 Å². The summed E-state index contributed by atoms with van der Waals surface area (Å²) in [7, 11) is 0. The van der Waals surface area contributed by atoms with E-state index in [-0.39, 0.29) is 24.1 Å². The van der Waals surface area contributed by atoms with Gasteiger partial charge >= 0.3 is 0 Å². The van der Waals surface area contributed by atoms with Crippen LogP contribution in [0.4, 0.5) is 0 Å². The molecule has 1 fully saturated rings. The van der Waals surface area contributed by atoms with Crippen LogP contribution in [0, 0.1) is 5.41 Å². The second-order valence-corrected chi connectivity index (χ2v) is 7.68. The van der Waals surface area contributed by atoms with Gasteiger partial charge < -0.3 is 10.6 Å². The van der Waals surface area contributed by atoms with Gasteiger partial charge in [0.2, 0.25) is 5.91 Å². The van der Waals surface area contributed by atoms with Crippen LogP contribution < -0.4 is 5.73 Å². The topological polar surface area (TPSA) is 102 Å². The Kier molecular flexibility index (Phi) is 5.52. The summed E-state index contributed by atoms with van der Waals surface area (Å²) >= 11 is 0. The molecule has 0 bridgehead atoms. The quantitative estimate of drug-likeness (QED) is 0.708. The summed E-state index contributed by atoms with van der Waals surface area (Å²) in [6.07, 6.45) is 9.82. The Labute approximate surface area is 175 Å². The molecule has 7 heteroatoms. The Bertz CT molecular complexity index is 1040. The first-order chi connectivity index (χ1) is 14.6. The van der Waals surface area contributed by atoms with Gasteiger partial charge in [-0.2, -0.15) is 0 Å². The Balaban J connectivity index is 1.59. The molecule has 0 unspecified atom stereocenters. The lowest BCUT2D eigenvalue weighted by molar-refractivity contribution is -0.130. The van der Waals surface area contributed by atoms with Gasteiger partial charge in [-0.3, -0.25) is 19.6 Å². The molecule has 0 radical (unpaired) electrons. The first-order valence-electron chi connectivity index (χ1n) is 9.92. The highest BCUT2D eigenvalue weighted by Crippen LogP contribution is 2.35. The number of carbonyl (C=O) groups excluding carboxylic acids is 2. The molecule has 2 aromatic heterocycles. The molecule has 3 aromatic rings. The third kappa shape index (κ3) is 4.05. The van der Waals surface area contributed by atoms with Crippen LogP contribution in [0.15, 0.2) is 67.4 Å². The standard InChI is InChI=1S/C23H23N5O2/c24-22(30)23(7-3-11-28(16-23)21(29)20-15-26-9-10-27-20)13-17-4-1-5-18(12-17)19-6-2-8-25-14-19/h1-2,4-6,8-10,12,14-15H,3,7,11,13,16H2,(H2,24,30)/t23-/m1/s1. The van der Waals surface area contributed by atoms with Crippen LogP contribution in [0.1, 0.15) is 28.9 Å². The van der Waals surface area contributed by atoms with E-state index in [2.05, 4.69) is 21.0 Å². The first-order valence-corrected chi connectivity index (χ1v) is 9.92. The Morgan fingerprint density at radius 2 is 1.87 bits per heavy atom. The molecule has 1 aliphatic rings. The fourth-order valence-electron chi connectivity index (χ4n) is 4.09. The second kappa shape index (κ2) is 8.41. The van der Waals surface area contributed by atoms with Gasteiger partial charge in [-0.15, -0.1) is 0 Å². The fourth-order valence-corrected chi connectivity index (χ4v) is 4.09. The van der Waals surface area contributed by atoms with Gasteiger partial charge in [0.05, 0.1) is 11.6 Å². The first kappa shape index (κ1) is 19.7. The lowest BCUT2D eigenvalue weighted by Gasteiger charge is -2.40. The van der Waals surface area contributed by atoms with E-state index in [0.29, 0.717) is 25.8 Å². The number of pyridine rings is 1. The van der Waals surface area contributed by atoms with E-state index >= 15 is 0 Å². The number of aromatic nitrogens is 3. The molecule has 2 N–H and O–H groups in total. The van der Waals surface area contributed by atoms with Gasteiger partial charge in [0.25, 0.3) is 5.91 Å². The van der Waals surface area contributed by atoms with Gasteiger partial charge in [0.15, 0.2) is 0 Å². The van der Waals surface area contributed by atoms with E-state index in [4.69, 9.17) is 5.73 Å². The van der Waals surface area contributed by atoms with Crippen molar-refractivity contribution in [3.05, 3.63) is 78.6 Å². The third-order valence-corrected chi connectivity index (χ3v) is 5.63. The number of piperidine rings is 1. The molecule has 2 amide bonds. The van der Waals surface area contributed by atoms with Crippen molar-refractivity contribution in [2.75, 3.05) is 13.1 Å². The van der Waals surface area contributed by atoms with Crippen molar-refractivity contribution >= 4 is 11.8 Å². The van der Waals surface area contributed by atoms with Crippen LogP contribution in [-0.4, -0.2) is 44.8 Å². The SMILES string of the molecule is NC(=O)[C@@]1(Cc2cccc(-c3cccnc3)c2)CCCN(C(=O)c2cnccn2)C1. The average molecular weight is 401 g/mol. The van der Waals surface area contributed by atoms with Crippen molar-refractivity contribution in [1.82, 2.24) is 19.9 Å². The summed E-state index contributed by atoms with van der Waals surface area (Å²) < 4.78 is 0. The largest absolute Gasteiger partial charge is 0.369 e. The number of primary amides is 1. The van der Waals surface area contributed by atoms with Crippen LogP contribution in [0.3, 0.4) is 0 Å². The molecule has 1 atom stereocenters. The zero-order valence-electron chi connectivity index (χ0n) is 16.6. The highest BCUT2D eigenvalue weighted by Gasteiger charge is 2.42. The molecule has 152 valence electrons. The number of nitrogens with two attached hydrogens (primary N) is 1. The number of hydrogen-bond donors (Lipinski definition) is 1. The monoisotopic (exact) mass is 401 g/mol. The van der Waals surface area contributed by atoms with E-state index in [1.54, 1.807) is 11.1 Å². The number of likely N-dealkylation sites (tertiary alicyclic amines) is 1. The molecule has 7 nitrogen and oxygen atoms in total. The molecule has 0 spiro atoms. The Morgan fingerprint density at radius 1 is 1.03 bits per heavy atom. The molecule has 4 rings (SSSR count). The zero-order valence-corrected chi connectivity index (χ0v) is 16.6. The van der Waals surface area contributed by atoms with Crippen molar-refractivity contribution < 1.29 is 9.59 Å². The van der Waals surface area contributed by atoms with E-state index in [1.807, 2.05) is 36.5 Å². The van der Waals surface area contributed by atoms with Crippen LogP contribution in [0.25, 0.3) is 11.1 Å². The lowest BCUT2D eigenvalue weighted by atomic mass is 9.74. The normalized spacial score (nSPS) is 18.7. The van der Waals surface area contributed by atoms with Crippen LogP contribution in [0.5, 0.6) is 0 Å². The zero-order chi connectivity index (χ0) is 21.0. The molecule has 30 heavy (non-hydrogen) atoms. The minimum absolute atomic E-state index is 0.225. The summed E-state index contributed by atoms with van der Waals surface area (Å²) in [4.78, 5) is 39.4. The van der Waals surface area contributed by atoms with Gasteiger partial charge in [-0.25, -0.2) is 4.98 Å². The Hall–Kier alpha value is -3.61. The Morgan fingerprint density at radius 3 is 2.60 bits per heavy atom. The smallest absolute Gasteiger partial charge is 0.274 e. The molecule has 3 heterocycles. The van der Waals surface area contributed by atoms with Gasteiger partial charge in [-0.1, -0.05) is 30.3 Å². The van der Waals surface area contributed by atoms with Crippen molar-refractivity contribution in [1.29, 1.82) is 0 Å². The van der Waals surface area contributed by atoms with Crippen molar-refractivity contribution in [3.63, 3.8) is 0 Å². The van der Waals surface area contributed by atoms with Crippen molar-refractivity contribution in [3.8, 4) is 11.1 Å². The summed E-state index contributed by atoms with van der Waals surface area (Å²) in [5.74, 6) is -0.608. The number of nitrogens with zero attached hydrogens (tertiary/aromatic N) is 4. The van der Waals surface area contributed by atoms with Gasteiger partial charge in [0.1, 0.15) is 5.69 Å². The number of hydrogen-bond acceptors (Lipinski definition) is 5. The van der Waals surface area contributed by atoms with Crippen molar-refractivity contribution in [2.45, 2.75) is 19.3 Å². The van der Waals surface area contributed by atoms with E-state index in [0.717, 1.165) is 16.7 Å².